The van der Waals surface area contributed by atoms with Gasteiger partial charge in [-0.15, -0.1) is 0 Å². The number of hydrogen-bond acceptors (Lipinski definition) is 14. The maximum absolute atomic E-state index is 11.2. The molecule has 344 valence electrons. The number of benzene rings is 3. The Morgan fingerprint density at radius 3 is 1.36 bits per heavy atom. The number of aryl methyl sites for hydroxylation is 4. The first kappa shape index (κ1) is 63.3. The molecule has 0 spiro atoms. The van der Waals surface area contributed by atoms with Gasteiger partial charge in [0.25, 0.3) is 0 Å². The molecule has 0 saturated heterocycles. The Hall–Kier alpha value is -4.96. The van der Waals surface area contributed by atoms with Gasteiger partial charge < -0.3 is 22.5 Å². The predicted octanol–water partition coefficient (Wildman–Crippen LogP) is 3.80. The molecule has 30 heteroatoms. The molecule has 0 fully saturated rings. The van der Waals surface area contributed by atoms with Crippen LogP contribution in [-0.2, 0) is 30.1 Å². The van der Waals surface area contributed by atoms with Crippen LogP contribution in [-0.4, -0.2) is 87.6 Å². The lowest BCUT2D eigenvalue weighted by molar-refractivity contribution is 0.596. The number of nitrogens with two attached hydrogens (primary N) is 6. The molecule has 3 aromatic carbocycles. The van der Waals surface area contributed by atoms with Gasteiger partial charge in [0.05, 0.1) is 36.9 Å². The van der Waals surface area contributed by atoms with Gasteiger partial charge in [0.1, 0.15) is 0 Å². The first-order valence-corrected chi connectivity index (χ1v) is 22.8. The van der Waals surface area contributed by atoms with Crippen LogP contribution in [0.3, 0.4) is 0 Å². The maximum atomic E-state index is 11.2. The first-order valence-electron chi connectivity index (χ1n) is 16.2. The Morgan fingerprint density at radius 2 is 1.06 bits per heavy atom. The van der Waals surface area contributed by atoms with E-state index in [9.17, 15) is 25.3 Å². The fourth-order valence-corrected chi connectivity index (χ4v) is 6.05. The summed E-state index contributed by atoms with van der Waals surface area (Å²) in [6.45, 7) is 7.43. The van der Waals surface area contributed by atoms with Crippen molar-refractivity contribution in [3.63, 3.8) is 0 Å². The average molecular weight is 1030 g/mol. The van der Waals surface area contributed by atoms with E-state index in [-0.39, 0.29) is 61.2 Å². The van der Waals surface area contributed by atoms with Crippen LogP contribution in [0.2, 0.25) is 0 Å². The van der Waals surface area contributed by atoms with Crippen LogP contribution in [0.1, 0.15) is 31.6 Å². The van der Waals surface area contributed by atoms with Gasteiger partial charge in [-0.2, -0.15) is 20.2 Å². The summed E-state index contributed by atoms with van der Waals surface area (Å²) < 4.78 is 68.2. The average Bonchev–Trinajstić information content (AvgIpc) is 3.66. The topological polar surface area (TPSA) is 355 Å². The van der Waals surface area contributed by atoms with Gasteiger partial charge in [-0.1, -0.05) is 42.8 Å². The predicted molar refractivity (Wildman–Crippen MR) is 271 cm³/mol. The lowest BCUT2D eigenvalue weighted by Gasteiger charge is -2.07. The number of primary sulfonamides is 3. The van der Waals surface area contributed by atoms with E-state index < -0.39 is 30.1 Å². The van der Waals surface area contributed by atoms with Crippen LogP contribution in [0.15, 0.2) is 110 Å². The Labute approximate surface area is 404 Å². The molecular weight excluding hydrogens is 985 g/mol. The highest BCUT2D eigenvalue weighted by Crippen LogP contribution is 2.15. The molecule has 20 nitrogen and oxygen atoms in total. The fourth-order valence-electron chi connectivity index (χ4n) is 4.18. The lowest BCUT2D eigenvalue weighted by atomic mass is 10.3. The summed E-state index contributed by atoms with van der Waals surface area (Å²) in [5, 5.41) is 35.1. The second-order valence-electron chi connectivity index (χ2n) is 11.6. The number of halogens is 2. The van der Waals surface area contributed by atoms with Crippen molar-refractivity contribution in [3.05, 3.63) is 108 Å². The Kier molecular flexibility index (Phi) is 28.5. The van der Waals surface area contributed by atoms with Crippen LogP contribution < -0.4 is 37.9 Å². The van der Waals surface area contributed by atoms with Crippen LogP contribution >= 0.6 is 59.9 Å². The zero-order valence-corrected chi connectivity index (χ0v) is 40.0. The van der Waals surface area contributed by atoms with Crippen LogP contribution in [0, 0.1) is 33.1 Å². The number of rotatable bonds is 5. The molecule has 2 heterocycles. The van der Waals surface area contributed by atoms with Crippen molar-refractivity contribution in [1.82, 2.24) is 19.6 Å². The molecule has 0 aliphatic carbocycles. The summed E-state index contributed by atoms with van der Waals surface area (Å²) in [4.78, 5) is 7.86. The van der Waals surface area contributed by atoms with E-state index in [4.69, 9.17) is 73.4 Å². The van der Waals surface area contributed by atoms with Crippen molar-refractivity contribution in [2.75, 3.05) is 11.1 Å². The second kappa shape index (κ2) is 28.8. The van der Waals surface area contributed by atoms with E-state index in [2.05, 4.69) is 55.1 Å². The van der Waals surface area contributed by atoms with Gasteiger partial charge in [0.15, 0.2) is 3.78 Å². The summed E-state index contributed by atoms with van der Waals surface area (Å²) in [5.74, 6) is 0.0971. The molecule has 0 unspecified atom stereocenters. The molecule has 2 aromatic heterocycles. The lowest BCUT2D eigenvalue weighted by Crippen LogP contribution is -2.27. The molecule has 0 amide bonds. The van der Waals surface area contributed by atoms with Gasteiger partial charge in [-0.05, 0) is 137 Å². The zero-order chi connectivity index (χ0) is 46.9. The molecule has 0 bridgehead atoms. The highest BCUT2D eigenvalue weighted by Gasteiger charge is 2.09. The second-order valence-corrected chi connectivity index (χ2v) is 18.7. The summed E-state index contributed by atoms with van der Waals surface area (Å²) in [6.07, 6.45) is 0. The number of sulfonamides is 3. The summed E-state index contributed by atoms with van der Waals surface area (Å²) in [7, 11) is -10.9. The highest BCUT2D eigenvalue weighted by atomic mass is 35.5. The molecule has 5 rings (SSSR count). The smallest absolute Gasteiger partial charge is 0.238 e. The normalized spacial score (nSPS) is 10.4. The van der Waals surface area contributed by atoms with E-state index in [0.717, 1.165) is 22.8 Å². The SMILES string of the molecule is C.Cc1cc(C)n(C(=N)N)n1.Cc1cc(C)n(C(N)=NC(=S)Nc2ccc(S(N)(=O)=O)cc2)n1.NS(=O)(=O)c1ccc(N=C=S)cc1.Nc1ccc(S(N)(=O)=O)cc1.S=C(Cl)Cl.[2HH].[B].[B]. The van der Waals surface area contributed by atoms with Gasteiger partial charge in [0.2, 0.25) is 47.1 Å². The van der Waals surface area contributed by atoms with Crippen molar-refractivity contribution >= 4 is 150 Å². The Balaban J connectivity index is -0.000000383. The minimum absolute atomic E-state index is 0. The number of aromatic nitrogens is 4. The number of nitrogens with zero attached hydrogens (tertiary/aromatic N) is 6. The van der Waals surface area contributed by atoms with Gasteiger partial charge in [-0.3, -0.25) is 5.41 Å². The van der Waals surface area contributed by atoms with Crippen molar-refractivity contribution < 1.29 is 26.7 Å². The third-order valence-electron chi connectivity index (χ3n) is 6.66. The minimum atomic E-state index is -3.73. The zero-order valence-electron chi connectivity index (χ0n) is 33.5. The third kappa shape index (κ3) is 24.2. The monoisotopic (exact) mass is 1030 g/mol. The third-order valence-corrected chi connectivity index (χ3v) is 9.74. The van der Waals surface area contributed by atoms with E-state index in [1.165, 1.54) is 82.2 Å². The fraction of sp³-hybridized carbons (Fsp3) is 0.147. The standard InChI is InChI=1S/C13H16N6O2S2.C7H6N2O2S2.C6H10N4.C6H8N2O2S.CCl2S.CH4.2B.H2/c1-8-7-9(2)19(18-8)12(14)17-13(22)16-10-3-5-11(6-4-10)23(15,20)21;8-13(10,11)7-3-1-6(2-4-7)9-5-12;1-4-3-5(2)10(9-4)6(7)8;7-5-1-3-6(4-2-5)11(8,9)10;2-1(3)4;;;;/h3-7H,1-2H3,(H2,15,20,21)(H3,14,16,17,22);1-4H,(H2,8,10,11);3H,1-2H3,(H3,7,8);1-4H,7H2,(H2,8,9,10);;1H4;;;1H/i;;;;;;;;1+1. The summed E-state index contributed by atoms with van der Waals surface area (Å²) in [6, 6.07) is 21.0. The number of isothiocyanates is 1. The van der Waals surface area contributed by atoms with Gasteiger partial charge >= 0.3 is 0 Å². The van der Waals surface area contributed by atoms with E-state index in [1.807, 2.05) is 39.8 Å². The van der Waals surface area contributed by atoms with Crippen molar-refractivity contribution in [2.24, 2.45) is 36.9 Å². The molecule has 0 aliphatic rings. The summed E-state index contributed by atoms with van der Waals surface area (Å²) in [5.41, 5.74) is 21.5. The Morgan fingerprint density at radius 1 is 0.719 bits per heavy atom. The number of nitrogen functional groups attached to an aromatic ring is 2. The van der Waals surface area contributed by atoms with Crippen molar-refractivity contribution in [2.45, 2.75) is 49.8 Å². The molecule has 5 aromatic rings. The highest BCUT2D eigenvalue weighted by molar-refractivity contribution is 7.89. The first-order chi connectivity index (χ1) is 28.0. The Bertz CT molecular complexity index is 2760. The number of aliphatic imine (C=N–C) groups is 2. The largest absolute Gasteiger partial charge is 0.399 e. The number of hydrogen-bond donors (Lipinski definition) is 8. The molecule has 6 radical (unpaired) electrons. The number of nitrogens with one attached hydrogen (secondary N) is 2. The van der Waals surface area contributed by atoms with E-state index >= 15 is 0 Å². The molecule has 0 atom stereocenters. The molecule has 0 saturated carbocycles. The van der Waals surface area contributed by atoms with Crippen LogP contribution in [0.4, 0.5) is 17.1 Å². The minimum Gasteiger partial charge on any atom is -0.399 e. The summed E-state index contributed by atoms with van der Waals surface area (Å²) >= 11 is 23.1. The molecule has 14 N–H and O–H groups in total. The molecule has 64 heavy (non-hydrogen) atoms. The van der Waals surface area contributed by atoms with Crippen LogP contribution in [0.5, 0.6) is 0 Å². The number of anilines is 2. The van der Waals surface area contributed by atoms with Gasteiger partial charge in [0, 0.05) is 41.0 Å². The van der Waals surface area contributed by atoms with Gasteiger partial charge in [-0.25, -0.2) is 50.0 Å². The van der Waals surface area contributed by atoms with Crippen molar-refractivity contribution in [3.8, 4) is 0 Å². The van der Waals surface area contributed by atoms with E-state index in [1.54, 1.807) is 0 Å². The van der Waals surface area contributed by atoms with Crippen LogP contribution in [0.25, 0.3) is 0 Å². The maximum Gasteiger partial charge on any atom is 0.238 e. The van der Waals surface area contributed by atoms with Crippen molar-refractivity contribution in [1.29, 1.82) is 5.41 Å². The molecular formula is C34H46B2Cl2N14O6S6. The number of thiocarbonyl (C=S) groups is 3. The molecule has 0 aliphatic heterocycles. The quantitative estimate of drug-likeness (QED) is 0.0310. The van der Waals surface area contributed by atoms with E-state index in [0.29, 0.717) is 17.1 Å².